The summed E-state index contributed by atoms with van der Waals surface area (Å²) in [5.41, 5.74) is 1.38. The van der Waals surface area contributed by atoms with Gasteiger partial charge in [-0.1, -0.05) is 12.1 Å². The van der Waals surface area contributed by atoms with Gasteiger partial charge in [0.25, 0.3) is 5.56 Å². The maximum absolute atomic E-state index is 13.4. The first-order chi connectivity index (χ1) is 16.1. The monoisotopic (exact) mass is 500 g/mol. The first-order valence-electron chi connectivity index (χ1n) is 10.1. The van der Waals surface area contributed by atoms with Gasteiger partial charge in [0.05, 0.1) is 16.6 Å². The first-order valence-corrected chi connectivity index (χ1v) is 12.4. The molecule has 0 saturated heterocycles. The lowest BCUT2D eigenvalue weighted by Gasteiger charge is -2.12. The van der Waals surface area contributed by atoms with Crippen molar-refractivity contribution in [1.82, 2.24) is 13.9 Å². The average Bonchev–Trinajstić information content (AvgIpc) is 3.13. The summed E-state index contributed by atoms with van der Waals surface area (Å²) in [6, 6.07) is 11.6. The van der Waals surface area contributed by atoms with Crippen molar-refractivity contribution in [3.8, 4) is 11.1 Å². The molecule has 8 nitrogen and oxygen atoms in total. The van der Waals surface area contributed by atoms with Crippen LogP contribution < -0.4 is 10.9 Å². The molecule has 0 unspecified atom stereocenters. The van der Waals surface area contributed by atoms with Crippen LogP contribution in [-0.4, -0.2) is 42.3 Å². The van der Waals surface area contributed by atoms with Crippen molar-refractivity contribution in [2.45, 2.75) is 18.4 Å². The zero-order valence-corrected chi connectivity index (χ0v) is 20.2. The summed E-state index contributed by atoms with van der Waals surface area (Å²) in [6.45, 7) is 1.58. The second-order valence-corrected chi connectivity index (χ2v) is 11.1. The fraction of sp³-hybridized carbons (Fsp3) is 0.174. The maximum Gasteiger partial charge on any atom is 0.263 e. The van der Waals surface area contributed by atoms with Crippen LogP contribution in [0.2, 0.25) is 0 Å². The zero-order valence-electron chi connectivity index (χ0n) is 18.6. The van der Waals surface area contributed by atoms with Crippen LogP contribution in [-0.2, 0) is 21.4 Å². The molecule has 0 spiro atoms. The molecule has 1 amide bonds. The van der Waals surface area contributed by atoms with Crippen LogP contribution in [0.5, 0.6) is 0 Å². The maximum atomic E-state index is 13.4. The highest BCUT2D eigenvalue weighted by Gasteiger charge is 2.19. The number of sulfonamides is 1. The Morgan fingerprint density at radius 1 is 1.12 bits per heavy atom. The Morgan fingerprint density at radius 2 is 1.76 bits per heavy atom. The van der Waals surface area contributed by atoms with Gasteiger partial charge in [-0.25, -0.2) is 22.1 Å². The van der Waals surface area contributed by atoms with E-state index in [1.807, 2.05) is 6.92 Å². The molecule has 0 fully saturated rings. The van der Waals surface area contributed by atoms with E-state index >= 15 is 0 Å². The van der Waals surface area contributed by atoms with Crippen LogP contribution in [0.1, 0.15) is 4.88 Å². The molecule has 0 atom stereocenters. The van der Waals surface area contributed by atoms with Crippen molar-refractivity contribution in [1.29, 1.82) is 0 Å². The summed E-state index contributed by atoms with van der Waals surface area (Å²) in [5, 5.41) is 3.03. The number of rotatable bonds is 6. The minimum absolute atomic E-state index is 0.0996. The van der Waals surface area contributed by atoms with E-state index in [4.69, 9.17) is 0 Å². The van der Waals surface area contributed by atoms with Gasteiger partial charge >= 0.3 is 0 Å². The van der Waals surface area contributed by atoms with Gasteiger partial charge in [0.1, 0.15) is 17.2 Å². The molecule has 176 valence electrons. The Morgan fingerprint density at radius 3 is 2.38 bits per heavy atom. The number of aryl methyl sites for hydroxylation is 1. The number of carbonyl (C=O) groups excluding carboxylic acids is 1. The molecule has 0 radical (unpaired) electrons. The second kappa shape index (κ2) is 9.09. The highest BCUT2D eigenvalue weighted by Crippen LogP contribution is 2.35. The van der Waals surface area contributed by atoms with E-state index < -0.39 is 15.9 Å². The summed E-state index contributed by atoms with van der Waals surface area (Å²) < 4.78 is 40.0. The van der Waals surface area contributed by atoms with Crippen LogP contribution in [0, 0.1) is 12.7 Å². The highest BCUT2D eigenvalue weighted by molar-refractivity contribution is 7.89. The Labute approximate surface area is 199 Å². The Kier molecular flexibility index (Phi) is 6.34. The number of anilines is 1. The van der Waals surface area contributed by atoms with Crippen molar-refractivity contribution in [3.05, 3.63) is 75.9 Å². The molecule has 2 heterocycles. The lowest BCUT2D eigenvalue weighted by atomic mass is 10.0. The van der Waals surface area contributed by atoms with Gasteiger partial charge in [0.15, 0.2) is 0 Å². The van der Waals surface area contributed by atoms with Crippen molar-refractivity contribution in [2.75, 3.05) is 19.4 Å². The summed E-state index contributed by atoms with van der Waals surface area (Å²) in [6.07, 6.45) is 1.32. The van der Waals surface area contributed by atoms with Gasteiger partial charge in [-0.3, -0.25) is 14.2 Å². The summed E-state index contributed by atoms with van der Waals surface area (Å²) in [5.74, 6) is -0.845. The fourth-order valence-corrected chi connectivity index (χ4v) is 5.40. The number of benzene rings is 2. The molecule has 2 aromatic heterocycles. The lowest BCUT2D eigenvalue weighted by molar-refractivity contribution is -0.116. The number of amides is 1. The number of thiophene rings is 1. The van der Waals surface area contributed by atoms with Gasteiger partial charge in [-0.05, 0) is 48.9 Å². The Hall–Kier alpha value is -3.41. The van der Waals surface area contributed by atoms with Crippen LogP contribution in [0.25, 0.3) is 21.3 Å². The molecular formula is C23H21FN4O4S2. The molecule has 11 heteroatoms. The molecule has 0 saturated carbocycles. The molecule has 0 bridgehead atoms. The molecule has 4 aromatic rings. The van der Waals surface area contributed by atoms with E-state index in [2.05, 4.69) is 10.3 Å². The second-order valence-electron chi connectivity index (χ2n) is 7.76. The predicted molar refractivity (Wildman–Crippen MR) is 130 cm³/mol. The third-order valence-electron chi connectivity index (χ3n) is 5.22. The number of hydrogen-bond acceptors (Lipinski definition) is 6. The number of aromatic nitrogens is 2. The minimum atomic E-state index is -3.58. The SMILES string of the molecule is Cc1sc2ncn(CC(=O)Nc3ccc(S(=O)(=O)N(C)C)cc3)c(=O)c2c1-c1ccc(F)cc1. The molecule has 1 N–H and O–H groups in total. The standard InChI is InChI=1S/C23H21FN4O4S2/c1-14-20(15-4-6-16(24)7-5-15)21-22(33-14)25-13-28(23(21)30)12-19(29)26-17-8-10-18(11-9-17)34(31,32)27(2)3/h4-11,13H,12H2,1-3H3,(H,26,29). The van der Waals surface area contributed by atoms with Gasteiger partial charge < -0.3 is 5.32 Å². The highest BCUT2D eigenvalue weighted by atomic mass is 32.2. The summed E-state index contributed by atoms with van der Waals surface area (Å²) in [7, 11) is -0.708. The van der Waals surface area contributed by atoms with E-state index in [1.54, 1.807) is 12.1 Å². The van der Waals surface area contributed by atoms with Gasteiger partial charge in [0.2, 0.25) is 15.9 Å². The quantitative estimate of drug-likeness (QED) is 0.437. The number of hydrogen-bond donors (Lipinski definition) is 1. The molecular weight excluding hydrogens is 479 g/mol. The van der Waals surface area contributed by atoms with Crippen LogP contribution in [0.3, 0.4) is 0 Å². The lowest BCUT2D eigenvalue weighted by Crippen LogP contribution is -2.27. The van der Waals surface area contributed by atoms with Gasteiger partial charge in [0, 0.05) is 30.2 Å². The van der Waals surface area contributed by atoms with Gasteiger partial charge in [-0.15, -0.1) is 11.3 Å². The first kappa shape index (κ1) is 23.7. The molecule has 34 heavy (non-hydrogen) atoms. The van der Waals surface area contributed by atoms with E-state index in [-0.39, 0.29) is 22.8 Å². The third-order valence-corrected chi connectivity index (χ3v) is 8.06. The average molecular weight is 501 g/mol. The van der Waals surface area contributed by atoms with E-state index in [1.165, 1.54) is 72.7 Å². The third kappa shape index (κ3) is 4.49. The molecule has 2 aromatic carbocycles. The van der Waals surface area contributed by atoms with Crippen molar-refractivity contribution < 1.29 is 17.6 Å². The van der Waals surface area contributed by atoms with Crippen LogP contribution in [0.4, 0.5) is 10.1 Å². The Balaban J connectivity index is 1.60. The topological polar surface area (TPSA) is 101 Å². The molecule has 4 rings (SSSR count). The summed E-state index contributed by atoms with van der Waals surface area (Å²) >= 11 is 1.36. The summed E-state index contributed by atoms with van der Waals surface area (Å²) in [4.78, 5) is 31.6. The van der Waals surface area contributed by atoms with Crippen LogP contribution in [0.15, 0.2) is 64.5 Å². The van der Waals surface area contributed by atoms with E-state index in [9.17, 15) is 22.4 Å². The van der Waals surface area contributed by atoms with E-state index in [0.717, 1.165) is 9.18 Å². The largest absolute Gasteiger partial charge is 0.325 e. The number of fused-ring (bicyclic) bond motifs is 1. The minimum Gasteiger partial charge on any atom is -0.325 e. The van der Waals surface area contributed by atoms with E-state index in [0.29, 0.717) is 27.0 Å². The number of nitrogens with one attached hydrogen (secondary N) is 1. The van der Waals surface area contributed by atoms with Crippen molar-refractivity contribution in [2.24, 2.45) is 0 Å². The molecule has 0 aliphatic rings. The van der Waals surface area contributed by atoms with Gasteiger partial charge in [-0.2, -0.15) is 0 Å². The molecule has 0 aliphatic carbocycles. The predicted octanol–water partition coefficient (Wildman–Crippen LogP) is 3.46. The molecule has 0 aliphatic heterocycles. The Bertz CT molecular complexity index is 1540. The van der Waals surface area contributed by atoms with Crippen LogP contribution >= 0.6 is 11.3 Å². The van der Waals surface area contributed by atoms with Crippen molar-refractivity contribution in [3.63, 3.8) is 0 Å². The normalized spacial score (nSPS) is 11.8. The fourth-order valence-electron chi connectivity index (χ4n) is 3.49. The number of nitrogens with zero attached hydrogens (tertiary/aromatic N) is 3. The zero-order chi connectivity index (χ0) is 24.6. The van der Waals surface area contributed by atoms with Crippen molar-refractivity contribution >= 4 is 43.2 Å². The number of carbonyl (C=O) groups is 1. The smallest absolute Gasteiger partial charge is 0.263 e. The number of halogens is 1.